The summed E-state index contributed by atoms with van der Waals surface area (Å²) in [4.78, 5) is 75.6. The van der Waals surface area contributed by atoms with Crippen LogP contribution >= 0.6 is 0 Å². The largest absolute Gasteiger partial charge is 0.481 e. The van der Waals surface area contributed by atoms with Gasteiger partial charge >= 0.3 is 17.9 Å². The lowest BCUT2D eigenvalue weighted by Crippen LogP contribution is -2.58. The second-order valence-electron chi connectivity index (χ2n) is 9.22. The molecule has 0 aliphatic carbocycles. The van der Waals surface area contributed by atoms with Gasteiger partial charge in [-0.05, 0) is 31.4 Å². The third-order valence-corrected chi connectivity index (χ3v) is 6.10. The molecule has 0 aliphatic rings. The highest BCUT2D eigenvalue weighted by Gasteiger charge is 2.32. The number of H-pyrrole nitrogens is 1. The summed E-state index contributed by atoms with van der Waals surface area (Å²) in [6.45, 7) is 1.23. The molecule has 218 valence electrons. The molecule has 3 amide bonds. The van der Waals surface area contributed by atoms with Crippen LogP contribution in [0.3, 0.4) is 0 Å². The predicted octanol–water partition coefficient (Wildman–Crippen LogP) is -1.31. The number of aliphatic hydroxyl groups excluding tert-OH is 1. The Balaban J connectivity index is 2.22. The number of amides is 3. The zero-order valence-electron chi connectivity index (χ0n) is 21.6. The Kier molecular flexibility index (Phi) is 11.6. The summed E-state index contributed by atoms with van der Waals surface area (Å²) < 4.78 is 0. The van der Waals surface area contributed by atoms with Gasteiger partial charge in [-0.1, -0.05) is 18.2 Å². The lowest BCUT2D eigenvalue weighted by molar-refractivity contribution is -0.143. The van der Waals surface area contributed by atoms with Crippen molar-refractivity contribution in [2.45, 2.75) is 69.3 Å². The highest BCUT2D eigenvalue weighted by atomic mass is 16.4. The van der Waals surface area contributed by atoms with Gasteiger partial charge in [0.05, 0.1) is 6.10 Å². The number of carboxylic acids is 3. The molecule has 5 unspecified atom stereocenters. The van der Waals surface area contributed by atoms with Crippen LogP contribution in [0, 0.1) is 0 Å². The number of aliphatic hydroxyl groups is 1. The fourth-order valence-corrected chi connectivity index (χ4v) is 3.83. The van der Waals surface area contributed by atoms with Gasteiger partial charge in [-0.2, -0.15) is 0 Å². The summed E-state index contributed by atoms with van der Waals surface area (Å²) in [6, 6.07) is 1.19. The molecular formula is C25H33N5O10. The van der Waals surface area contributed by atoms with Crippen molar-refractivity contribution >= 4 is 46.5 Å². The van der Waals surface area contributed by atoms with E-state index >= 15 is 0 Å². The highest BCUT2D eigenvalue weighted by molar-refractivity contribution is 5.95. The predicted molar refractivity (Wildman–Crippen MR) is 139 cm³/mol. The van der Waals surface area contributed by atoms with Crippen LogP contribution in [0.2, 0.25) is 0 Å². The summed E-state index contributed by atoms with van der Waals surface area (Å²) >= 11 is 0. The molecule has 15 heteroatoms. The molecule has 0 radical (unpaired) electrons. The van der Waals surface area contributed by atoms with Crippen LogP contribution < -0.4 is 21.7 Å². The van der Waals surface area contributed by atoms with Crippen molar-refractivity contribution in [2.75, 3.05) is 0 Å². The van der Waals surface area contributed by atoms with Crippen molar-refractivity contribution in [1.82, 2.24) is 20.9 Å². The highest BCUT2D eigenvalue weighted by Crippen LogP contribution is 2.19. The molecular weight excluding hydrogens is 530 g/mol. The third-order valence-electron chi connectivity index (χ3n) is 6.10. The lowest BCUT2D eigenvalue weighted by atomic mass is 10.0. The maximum Gasteiger partial charge on any atom is 0.326 e. The maximum atomic E-state index is 13.1. The zero-order valence-corrected chi connectivity index (χ0v) is 21.6. The van der Waals surface area contributed by atoms with Crippen molar-refractivity contribution in [1.29, 1.82) is 0 Å². The summed E-state index contributed by atoms with van der Waals surface area (Å²) in [6.07, 6.45) is -1.78. The van der Waals surface area contributed by atoms with E-state index in [1.807, 2.05) is 0 Å². The maximum absolute atomic E-state index is 13.1. The van der Waals surface area contributed by atoms with E-state index in [1.54, 1.807) is 30.5 Å². The Morgan fingerprint density at radius 2 is 1.32 bits per heavy atom. The number of benzene rings is 1. The minimum absolute atomic E-state index is 0.126. The Morgan fingerprint density at radius 3 is 1.82 bits per heavy atom. The van der Waals surface area contributed by atoms with Gasteiger partial charge in [-0.3, -0.25) is 24.0 Å². The molecule has 1 aromatic heterocycles. The summed E-state index contributed by atoms with van der Waals surface area (Å²) in [5.74, 6) is -6.93. The lowest BCUT2D eigenvalue weighted by Gasteiger charge is -2.25. The molecule has 0 spiro atoms. The molecule has 5 atom stereocenters. The molecule has 0 saturated carbocycles. The topological polar surface area (TPSA) is 261 Å². The Labute approximate surface area is 228 Å². The van der Waals surface area contributed by atoms with E-state index in [9.17, 15) is 39.0 Å². The number of rotatable bonds is 16. The standard InChI is InChI=1S/C25H33N5O10/c1-12(31)21(26)24(38)29-17(7-9-20(34)35)22(36)28-16(6-8-19(32)33)23(37)30-18(25(39)40)10-13-11-27-15-5-3-2-4-14(13)15/h2-5,11-12,16-18,21,27,31H,6-10,26H2,1H3,(H,28,36)(H,29,38)(H,30,37)(H,32,33)(H,34,35)(H,39,40). The number of carbonyl (C=O) groups excluding carboxylic acids is 3. The quantitative estimate of drug-likeness (QED) is 0.116. The van der Waals surface area contributed by atoms with Crippen molar-refractivity contribution in [3.05, 3.63) is 36.0 Å². The number of aromatic nitrogens is 1. The first-order valence-electron chi connectivity index (χ1n) is 12.4. The Hall–Kier alpha value is -4.50. The first-order chi connectivity index (χ1) is 18.8. The minimum Gasteiger partial charge on any atom is -0.481 e. The van der Waals surface area contributed by atoms with Gasteiger partial charge in [0.15, 0.2) is 0 Å². The van der Waals surface area contributed by atoms with Gasteiger partial charge in [0.2, 0.25) is 17.7 Å². The smallest absolute Gasteiger partial charge is 0.326 e. The number of fused-ring (bicyclic) bond motifs is 1. The number of nitrogens with two attached hydrogens (primary N) is 1. The van der Waals surface area contributed by atoms with Crippen molar-refractivity contribution < 1.29 is 49.2 Å². The van der Waals surface area contributed by atoms with Crippen LogP contribution in [0.5, 0.6) is 0 Å². The average molecular weight is 564 g/mol. The van der Waals surface area contributed by atoms with Crippen LogP contribution in [-0.2, 0) is 35.2 Å². The van der Waals surface area contributed by atoms with Gasteiger partial charge < -0.3 is 47.1 Å². The summed E-state index contributed by atoms with van der Waals surface area (Å²) in [7, 11) is 0. The normalized spacial score (nSPS) is 14.8. The monoisotopic (exact) mass is 563 g/mol. The van der Waals surface area contributed by atoms with Crippen LogP contribution in [0.15, 0.2) is 30.5 Å². The number of hydrogen-bond acceptors (Lipinski definition) is 8. The van der Waals surface area contributed by atoms with E-state index in [2.05, 4.69) is 20.9 Å². The van der Waals surface area contributed by atoms with Gasteiger partial charge in [0.25, 0.3) is 0 Å². The number of nitrogens with one attached hydrogen (secondary N) is 4. The van der Waals surface area contributed by atoms with E-state index in [0.29, 0.717) is 5.56 Å². The molecule has 15 nitrogen and oxygen atoms in total. The average Bonchev–Trinajstić information content (AvgIpc) is 3.29. The van der Waals surface area contributed by atoms with E-state index in [4.69, 9.17) is 15.9 Å². The van der Waals surface area contributed by atoms with Gasteiger partial charge in [-0.15, -0.1) is 0 Å². The molecule has 40 heavy (non-hydrogen) atoms. The molecule has 2 aromatic rings. The fraction of sp³-hybridized carbons (Fsp3) is 0.440. The molecule has 1 aromatic carbocycles. The summed E-state index contributed by atoms with van der Waals surface area (Å²) in [5.41, 5.74) is 6.92. The van der Waals surface area contributed by atoms with Crippen molar-refractivity contribution in [2.24, 2.45) is 5.73 Å². The SMILES string of the molecule is CC(O)C(N)C(=O)NC(CCC(=O)O)C(=O)NC(CCC(=O)O)C(=O)NC(Cc1c[nH]c2ccccc12)C(=O)O. The molecule has 0 bridgehead atoms. The van der Waals surface area contributed by atoms with Crippen LogP contribution in [-0.4, -0.2) is 91.3 Å². The second kappa shape index (κ2) is 14.6. The first kappa shape index (κ1) is 31.7. The van der Waals surface area contributed by atoms with E-state index in [-0.39, 0.29) is 6.42 Å². The third kappa shape index (κ3) is 9.36. The van der Waals surface area contributed by atoms with E-state index in [1.165, 1.54) is 6.92 Å². The molecule has 10 N–H and O–H groups in total. The molecule has 2 rings (SSSR count). The Bertz CT molecular complexity index is 1240. The van der Waals surface area contributed by atoms with Crippen molar-refractivity contribution in [3.63, 3.8) is 0 Å². The molecule has 0 aliphatic heterocycles. The molecule has 0 fully saturated rings. The number of carbonyl (C=O) groups is 6. The van der Waals surface area contributed by atoms with E-state index in [0.717, 1.165) is 10.9 Å². The first-order valence-corrected chi connectivity index (χ1v) is 12.4. The number of hydrogen-bond donors (Lipinski definition) is 9. The van der Waals surface area contributed by atoms with Gasteiger partial charge in [0, 0.05) is 36.4 Å². The minimum atomic E-state index is -1.54. The van der Waals surface area contributed by atoms with Gasteiger partial charge in [0.1, 0.15) is 24.2 Å². The second-order valence-corrected chi connectivity index (χ2v) is 9.22. The zero-order chi connectivity index (χ0) is 30.0. The van der Waals surface area contributed by atoms with Gasteiger partial charge in [-0.25, -0.2) is 4.79 Å². The number of carboxylic acid groups (broad SMARTS) is 3. The molecule has 1 heterocycles. The number of para-hydroxylation sites is 1. The fourth-order valence-electron chi connectivity index (χ4n) is 3.83. The summed E-state index contributed by atoms with van der Waals surface area (Å²) in [5, 5.41) is 45.0. The van der Waals surface area contributed by atoms with Crippen molar-refractivity contribution in [3.8, 4) is 0 Å². The number of aromatic amines is 1. The Morgan fingerprint density at radius 1 is 0.825 bits per heavy atom. The van der Waals surface area contributed by atoms with Crippen LogP contribution in [0.25, 0.3) is 10.9 Å². The van der Waals surface area contributed by atoms with Crippen LogP contribution in [0.4, 0.5) is 0 Å². The molecule has 0 saturated heterocycles. The van der Waals surface area contributed by atoms with Crippen LogP contribution in [0.1, 0.15) is 38.2 Å². The number of aliphatic carboxylic acids is 3. The van der Waals surface area contributed by atoms with E-state index < -0.39 is 91.6 Å².